The van der Waals surface area contributed by atoms with Crippen molar-refractivity contribution in [1.82, 2.24) is 9.55 Å². The number of hydrogen-bond acceptors (Lipinski definition) is 4. The van der Waals surface area contributed by atoms with Gasteiger partial charge in [-0.25, -0.2) is 4.98 Å². The third-order valence-corrected chi connectivity index (χ3v) is 3.03. The highest BCUT2D eigenvalue weighted by Crippen LogP contribution is 2.22. The first-order valence-electron chi connectivity index (χ1n) is 6.06. The van der Waals surface area contributed by atoms with Crippen molar-refractivity contribution in [2.45, 2.75) is 13.0 Å². The molecule has 0 aliphatic rings. The largest absolute Gasteiger partial charge is 0.493 e. The zero-order valence-electron chi connectivity index (χ0n) is 10.7. The van der Waals surface area contributed by atoms with Gasteiger partial charge < -0.3 is 20.2 Å². The summed E-state index contributed by atoms with van der Waals surface area (Å²) in [7, 11) is 0. The van der Waals surface area contributed by atoms with Crippen LogP contribution in [-0.2, 0) is 6.54 Å². The number of nitrogens with zero attached hydrogens (tertiary/aromatic N) is 3. The molecule has 0 saturated carbocycles. The molecule has 0 aliphatic carbocycles. The lowest BCUT2D eigenvalue weighted by Gasteiger charge is -2.08. The number of aromatic nitrogens is 2. The van der Waals surface area contributed by atoms with E-state index in [1.165, 1.54) is 0 Å². The van der Waals surface area contributed by atoms with Crippen molar-refractivity contribution in [2.24, 2.45) is 10.9 Å². The van der Waals surface area contributed by atoms with E-state index in [0.29, 0.717) is 22.9 Å². The molecule has 0 atom stereocenters. The Hall–Kier alpha value is -2.21. The van der Waals surface area contributed by atoms with E-state index < -0.39 is 0 Å². The summed E-state index contributed by atoms with van der Waals surface area (Å²) >= 11 is 6.03. The summed E-state index contributed by atoms with van der Waals surface area (Å²) < 4.78 is 7.58. The Morgan fingerprint density at radius 3 is 3.00 bits per heavy atom. The Kier molecular flexibility index (Phi) is 4.84. The Labute approximate surface area is 121 Å². The van der Waals surface area contributed by atoms with Gasteiger partial charge in [0.1, 0.15) is 5.75 Å². The molecule has 20 heavy (non-hydrogen) atoms. The van der Waals surface area contributed by atoms with Crippen LogP contribution in [0.1, 0.15) is 12.0 Å². The van der Waals surface area contributed by atoms with Gasteiger partial charge in [-0.1, -0.05) is 16.8 Å². The lowest BCUT2D eigenvalue weighted by atomic mass is 10.2. The first-order chi connectivity index (χ1) is 9.70. The van der Waals surface area contributed by atoms with E-state index in [1.807, 2.05) is 10.8 Å². The molecule has 0 bridgehead atoms. The van der Waals surface area contributed by atoms with Crippen molar-refractivity contribution < 1.29 is 9.94 Å². The van der Waals surface area contributed by atoms with E-state index in [9.17, 15) is 0 Å². The zero-order chi connectivity index (χ0) is 14.4. The van der Waals surface area contributed by atoms with Gasteiger partial charge in [0.15, 0.2) is 5.84 Å². The van der Waals surface area contributed by atoms with Gasteiger partial charge in [0.25, 0.3) is 0 Å². The Morgan fingerprint density at radius 1 is 1.50 bits per heavy atom. The maximum atomic E-state index is 8.61. The number of nitrogens with two attached hydrogens (primary N) is 1. The second-order valence-electron chi connectivity index (χ2n) is 4.13. The molecule has 1 heterocycles. The van der Waals surface area contributed by atoms with Crippen molar-refractivity contribution in [1.29, 1.82) is 0 Å². The van der Waals surface area contributed by atoms with Crippen molar-refractivity contribution in [3.05, 3.63) is 47.5 Å². The van der Waals surface area contributed by atoms with Crippen molar-refractivity contribution in [3.63, 3.8) is 0 Å². The van der Waals surface area contributed by atoms with Crippen LogP contribution < -0.4 is 10.5 Å². The molecular weight excluding hydrogens is 280 g/mol. The molecule has 1 aromatic carbocycles. The van der Waals surface area contributed by atoms with Crippen LogP contribution in [0.15, 0.2) is 42.1 Å². The molecule has 3 N–H and O–H groups in total. The molecule has 106 valence electrons. The van der Waals surface area contributed by atoms with E-state index in [0.717, 1.165) is 13.0 Å². The predicted octanol–water partition coefficient (Wildman–Crippen LogP) is 2.10. The average Bonchev–Trinajstić information content (AvgIpc) is 2.96. The highest BCUT2D eigenvalue weighted by molar-refractivity contribution is 6.34. The maximum absolute atomic E-state index is 8.61. The van der Waals surface area contributed by atoms with Crippen LogP contribution in [-0.4, -0.2) is 27.2 Å². The Balaban J connectivity index is 1.86. The van der Waals surface area contributed by atoms with Gasteiger partial charge in [0, 0.05) is 24.5 Å². The van der Waals surface area contributed by atoms with Gasteiger partial charge >= 0.3 is 0 Å². The topological polar surface area (TPSA) is 85.7 Å². The van der Waals surface area contributed by atoms with Gasteiger partial charge in [-0.2, -0.15) is 0 Å². The van der Waals surface area contributed by atoms with Crippen LogP contribution in [0.4, 0.5) is 0 Å². The van der Waals surface area contributed by atoms with E-state index in [4.69, 9.17) is 27.3 Å². The van der Waals surface area contributed by atoms with Crippen molar-refractivity contribution in [2.75, 3.05) is 6.61 Å². The fourth-order valence-corrected chi connectivity index (χ4v) is 1.97. The highest BCUT2D eigenvalue weighted by Gasteiger charge is 2.06. The third kappa shape index (κ3) is 3.64. The van der Waals surface area contributed by atoms with Gasteiger partial charge in [-0.15, -0.1) is 0 Å². The number of aryl methyl sites for hydroxylation is 1. The molecule has 0 radical (unpaired) electrons. The first-order valence-corrected chi connectivity index (χ1v) is 6.44. The summed E-state index contributed by atoms with van der Waals surface area (Å²) in [6.45, 7) is 1.41. The summed E-state index contributed by atoms with van der Waals surface area (Å²) in [5, 5.41) is 11.9. The molecule has 7 heteroatoms. The molecule has 0 unspecified atom stereocenters. The van der Waals surface area contributed by atoms with Crippen molar-refractivity contribution in [3.8, 4) is 5.75 Å². The first kappa shape index (κ1) is 14.2. The molecule has 0 aliphatic heterocycles. The summed E-state index contributed by atoms with van der Waals surface area (Å²) in [6.07, 6.45) is 6.27. The van der Waals surface area contributed by atoms with E-state index >= 15 is 0 Å². The Morgan fingerprint density at radius 2 is 2.35 bits per heavy atom. The summed E-state index contributed by atoms with van der Waals surface area (Å²) in [6, 6.07) is 5.03. The number of imidazole rings is 1. The minimum Gasteiger partial charge on any atom is -0.493 e. The van der Waals surface area contributed by atoms with Crippen molar-refractivity contribution >= 4 is 17.4 Å². The summed E-state index contributed by atoms with van der Waals surface area (Å²) in [4.78, 5) is 3.97. The van der Waals surface area contributed by atoms with Gasteiger partial charge in [-0.3, -0.25) is 0 Å². The quantitative estimate of drug-likeness (QED) is 0.281. The number of hydrogen-bond donors (Lipinski definition) is 2. The second-order valence-corrected chi connectivity index (χ2v) is 4.54. The van der Waals surface area contributed by atoms with E-state index in [2.05, 4.69) is 10.1 Å². The van der Waals surface area contributed by atoms with E-state index in [1.54, 1.807) is 30.7 Å². The summed E-state index contributed by atoms with van der Waals surface area (Å²) in [5.74, 6) is 0.622. The van der Waals surface area contributed by atoms with Crippen LogP contribution in [0.25, 0.3) is 0 Å². The minimum atomic E-state index is -0.0262. The molecule has 2 rings (SSSR count). The fourth-order valence-electron chi connectivity index (χ4n) is 1.70. The number of halogens is 1. The second kappa shape index (κ2) is 6.81. The fraction of sp³-hybridized carbons (Fsp3) is 0.231. The monoisotopic (exact) mass is 294 g/mol. The molecule has 6 nitrogen and oxygen atoms in total. The van der Waals surface area contributed by atoms with Crippen LogP contribution in [0.2, 0.25) is 5.02 Å². The molecule has 0 saturated heterocycles. The summed E-state index contributed by atoms with van der Waals surface area (Å²) in [5.41, 5.74) is 5.96. The number of amidine groups is 1. The van der Waals surface area contributed by atoms with Crippen LogP contribution >= 0.6 is 11.6 Å². The molecule has 0 spiro atoms. The number of oxime groups is 1. The molecule has 0 fully saturated rings. The standard InChI is InChI=1S/C13H15ClN4O2/c14-12-8-10(2-3-11(12)13(15)17-19)20-7-1-5-18-6-4-16-9-18/h2-4,6,8-9,19H,1,5,7H2,(H2,15,17). The third-order valence-electron chi connectivity index (χ3n) is 2.71. The molecule has 2 aromatic rings. The van der Waals surface area contributed by atoms with Gasteiger partial charge in [0.2, 0.25) is 0 Å². The Bertz CT molecular complexity index is 584. The van der Waals surface area contributed by atoms with Crippen LogP contribution in [0.3, 0.4) is 0 Å². The normalized spacial score (nSPS) is 11.6. The number of rotatable bonds is 6. The maximum Gasteiger partial charge on any atom is 0.171 e. The predicted molar refractivity (Wildman–Crippen MR) is 76.3 cm³/mol. The molecule has 1 aromatic heterocycles. The highest BCUT2D eigenvalue weighted by atomic mass is 35.5. The van der Waals surface area contributed by atoms with Gasteiger partial charge in [-0.05, 0) is 24.6 Å². The lowest BCUT2D eigenvalue weighted by molar-refractivity contribution is 0.301. The molecule has 0 amide bonds. The van der Waals surface area contributed by atoms with Crippen LogP contribution in [0.5, 0.6) is 5.75 Å². The number of benzene rings is 1. The lowest BCUT2D eigenvalue weighted by Crippen LogP contribution is -2.13. The van der Waals surface area contributed by atoms with Crippen LogP contribution in [0, 0.1) is 0 Å². The van der Waals surface area contributed by atoms with Gasteiger partial charge in [0.05, 0.1) is 18.0 Å². The van der Waals surface area contributed by atoms with E-state index in [-0.39, 0.29) is 5.84 Å². The zero-order valence-corrected chi connectivity index (χ0v) is 11.5. The molecular formula is C13H15ClN4O2. The SMILES string of the molecule is N/C(=N/O)c1ccc(OCCCn2ccnc2)cc1Cl. The average molecular weight is 295 g/mol. The number of ether oxygens (including phenoxy) is 1. The smallest absolute Gasteiger partial charge is 0.171 e. The minimum absolute atomic E-state index is 0.0262.